The van der Waals surface area contributed by atoms with Gasteiger partial charge in [0.15, 0.2) is 0 Å². The smallest absolute Gasteiger partial charge is 0.225 e. The maximum atomic E-state index is 13.6. The SMILES string of the molecule is CC(C)N1CCC(C(=O)N2CCC[C@@](COc3cccc(Cl)c3)(CC(=O)N3CCN(C)CC3)C2)CC1. The molecule has 200 valence electrons. The molecule has 3 aliphatic heterocycles. The number of ether oxygens (including phenoxy) is 1. The molecule has 3 fully saturated rings. The highest BCUT2D eigenvalue weighted by molar-refractivity contribution is 6.30. The Bertz CT molecular complexity index is 897. The van der Waals surface area contributed by atoms with Crippen LogP contribution in [0.25, 0.3) is 0 Å². The largest absolute Gasteiger partial charge is 0.493 e. The Labute approximate surface area is 221 Å². The number of halogens is 1. The molecule has 0 saturated carbocycles. The summed E-state index contributed by atoms with van der Waals surface area (Å²) in [5.41, 5.74) is -0.394. The minimum Gasteiger partial charge on any atom is -0.493 e. The fraction of sp³-hybridized carbons (Fsp3) is 0.714. The first-order valence-corrected chi connectivity index (χ1v) is 14.0. The third-order valence-electron chi connectivity index (χ3n) is 8.31. The van der Waals surface area contributed by atoms with Gasteiger partial charge in [-0.2, -0.15) is 0 Å². The van der Waals surface area contributed by atoms with Crippen LogP contribution in [-0.4, -0.2) is 103 Å². The number of nitrogens with zero attached hydrogens (tertiary/aromatic N) is 4. The predicted molar refractivity (Wildman–Crippen MR) is 143 cm³/mol. The van der Waals surface area contributed by atoms with Gasteiger partial charge in [0.25, 0.3) is 0 Å². The molecule has 0 radical (unpaired) electrons. The van der Waals surface area contributed by atoms with Crippen LogP contribution < -0.4 is 4.74 Å². The second-order valence-corrected chi connectivity index (χ2v) is 11.8. The van der Waals surface area contributed by atoms with Gasteiger partial charge in [0, 0.05) is 68.1 Å². The quantitative estimate of drug-likeness (QED) is 0.552. The van der Waals surface area contributed by atoms with Crippen LogP contribution in [0.15, 0.2) is 24.3 Å². The number of rotatable bonds is 7. The molecule has 0 aliphatic carbocycles. The van der Waals surface area contributed by atoms with Gasteiger partial charge < -0.3 is 24.3 Å². The summed E-state index contributed by atoms with van der Waals surface area (Å²) in [5.74, 6) is 1.23. The zero-order chi connectivity index (χ0) is 25.7. The molecule has 36 heavy (non-hydrogen) atoms. The second kappa shape index (κ2) is 12.1. The Morgan fingerprint density at radius 2 is 1.78 bits per heavy atom. The van der Waals surface area contributed by atoms with Crippen LogP contribution in [0.4, 0.5) is 0 Å². The molecule has 2 amide bonds. The van der Waals surface area contributed by atoms with Crippen molar-refractivity contribution in [1.29, 1.82) is 0 Å². The number of hydrogen-bond donors (Lipinski definition) is 0. The van der Waals surface area contributed by atoms with E-state index in [1.807, 2.05) is 34.1 Å². The van der Waals surface area contributed by atoms with E-state index in [1.165, 1.54) is 0 Å². The van der Waals surface area contributed by atoms with Crippen LogP contribution in [0.3, 0.4) is 0 Å². The number of carbonyl (C=O) groups excluding carboxylic acids is 2. The number of amides is 2. The zero-order valence-corrected chi connectivity index (χ0v) is 23.0. The van der Waals surface area contributed by atoms with E-state index in [9.17, 15) is 9.59 Å². The monoisotopic (exact) mass is 518 g/mol. The lowest BCUT2D eigenvalue weighted by Gasteiger charge is -2.45. The molecule has 0 N–H and O–H groups in total. The van der Waals surface area contributed by atoms with Crippen molar-refractivity contribution >= 4 is 23.4 Å². The molecular formula is C28H43ClN4O3. The Kier molecular flexibility index (Phi) is 9.18. The Morgan fingerprint density at radius 3 is 2.44 bits per heavy atom. The van der Waals surface area contributed by atoms with E-state index in [0.717, 1.165) is 71.5 Å². The van der Waals surface area contributed by atoms with Gasteiger partial charge in [-0.15, -0.1) is 0 Å². The lowest BCUT2D eigenvalue weighted by atomic mass is 9.76. The molecule has 3 heterocycles. The Balaban J connectivity index is 1.45. The van der Waals surface area contributed by atoms with E-state index < -0.39 is 5.41 Å². The number of piperidine rings is 2. The number of piperazine rings is 1. The number of benzene rings is 1. The molecule has 1 aromatic carbocycles. The summed E-state index contributed by atoms with van der Waals surface area (Å²) in [4.78, 5) is 35.8. The molecule has 3 aliphatic rings. The lowest BCUT2D eigenvalue weighted by Crippen LogP contribution is -2.54. The van der Waals surface area contributed by atoms with Crippen LogP contribution >= 0.6 is 11.6 Å². The summed E-state index contributed by atoms with van der Waals surface area (Å²) < 4.78 is 6.24. The van der Waals surface area contributed by atoms with Crippen molar-refractivity contribution in [2.75, 3.05) is 66.0 Å². The molecule has 0 unspecified atom stereocenters. The molecule has 3 saturated heterocycles. The first-order chi connectivity index (χ1) is 17.2. The standard InChI is InChI=1S/C28H43ClN4O3/c1-22(2)31-12-8-23(9-13-31)27(35)33-11-5-10-28(20-33,21-36-25-7-4-6-24(29)18-25)19-26(34)32-16-14-30(3)15-17-32/h4,6-7,18,22-23H,5,8-17,19-21H2,1-3H3/t28-/m1/s1. The number of likely N-dealkylation sites (tertiary alicyclic amines) is 2. The van der Waals surface area contributed by atoms with Crippen LogP contribution in [-0.2, 0) is 9.59 Å². The minimum absolute atomic E-state index is 0.0815. The Morgan fingerprint density at radius 1 is 1.06 bits per heavy atom. The zero-order valence-electron chi connectivity index (χ0n) is 22.3. The molecule has 7 nitrogen and oxygen atoms in total. The average molecular weight is 519 g/mol. The summed E-state index contributed by atoms with van der Waals surface area (Å²) in [6.07, 6.45) is 4.01. The Hall–Kier alpha value is -1.83. The molecule has 0 bridgehead atoms. The highest BCUT2D eigenvalue weighted by Gasteiger charge is 2.42. The summed E-state index contributed by atoms with van der Waals surface area (Å²) in [7, 11) is 2.10. The third kappa shape index (κ3) is 6.93. The molecule has 8 heteroatoms. The summed E-state index contributed by atoms with van der Waals surface area (Å²) in [6.45, 7) is 11.5. The third-order valence-corrected chi connectivity index (χ3v) is 8.54. The van der Waals surface area contributed by atoms with Crippen molar-refractivity contribution in [3.8, 4) is 5.75 Å². The van der Waals surface area contributed by atoms with Gasteiger partial charge >= 0.3 is 0 Å². The van der Waals surface area contributed by atoms with Crippen molar-refractivity contribution < 1.29 is 14.3 Å². The van der Waals surface area contributed by atoms with Crippen molar-refractivity contribution in [2.45, 2.75) is 52.0 Å². The molecule has 4 rings (SSSR count). The van der Waals surface area contributed by atoms with Crippen LogP contribution in [0, 0.1) is 11.3 Å². The van der Waals surface area contributed by atoms with E-state index in [-0.39, 0.29) is 17.7 Å². The van der Waals surface area contributed by atoms with Crippen molar-refractivity contribution in [2.24, 2.45) is 11.3 Å². The minimum atomic E-state index is -0.394. The van der Waals surface area contributed by atoms with Crippen LogP contribution in [0.5, 0.6) is 5.75 Å². The van der Waals surface area contributed by atoms with Gasteiger partial charge in [-0.1, -0.05) is 17.7 Å². The first-order valence-electron chi connectivity index (χ1n) is 13.6. The van der Waals surface area contributed by atoms with E-state index in [0.29, 0.717) is 36.4 Å². The van der Waals surface area contributed by atoms with E-state index in [2.05, 4.69) is 30.7 Å². The van der Waals surface area contributed by atoms with Gasteiger partial charge in [-0.05, 0) is 77.9 Å². The number of likely N-dealkylation sites (N-methyl/N-ethyl adjacent to an activating group) is 1. The van der Waals surface area contributed by atoms with E-state index >= 15 is 0 Å². The maximum absolute atomic E-state index is 13.6. The average Bonchev–Trinajstić information content (AvgIpc) is 2.88. The molecule has 1 atom stereocenters. The normalized spacial score (nSPS) is 24.8. The van der Waals surface area contributed by atoms with Crippen molar-refractivity contribution in [1.82, 2.24) is 19.6 Å². The van der Waals surface area contributed by atoms with E-state index in [4.69, 9.17) is 16.3 Å². The fourth-order valence-electron chi connectivity index (χ4n) is 5.91. The van der Waals surface area contributed by atoms with Crippen LogP contribution in [0.2, 0.25) is 5.02 Å². The topological polar surface area (TPSA) is 56.3 Å². The highest BCUT2D eigenvalue weighted by Crippen LogP contribution is 2.37. The lowest BCUT2D eigenvalue weighted by molar-refractivity contribution is -0.145. The van der Waals surface area contributed by atoms with Crippen molar-refractivity contribution in [3.05, 3.63) is 29.3 Å². The second-order valence-electron chi connectivity index (χ2n) is 11.4. The molecule has 0 spiro atoms. The highest BCUT2D eigenvalue weighted by atomic mass is 35.5. The number of hydrogen-bond acceptors (Lipinski definition) is 5. The predicted octanol–water partition coefficient (Wildman–Crippen LogP) is 3.61. The van der Waals surface area contributed by atoms with E-state index in [1.54, 1.807) is 0 Å². The first kappa shape index (κ1) is 27.2. The maximum Gasteiger partial charge on any atom is 0.225 e. The summed E-state index contributed by atoms with van der Waals surface area (Å²) >= 11 is 6.18. The van der Waals surface area contributed by atoms with Gasteiger partial charge in [-0.25, -0.2) is 0 Å². The fourth-order valence-corrected chi connectivity index (χ4v) is 6.09. The summed E-state index contributed by atoms with van der Waals surface area (Å²) in [5, 5.41) is 0.628. The van der Waals surface area contributed by atoms with Gasteiger partial charge in [-0.3, -0.25) is 9.59 Å². The van der Waals surface area contributed by atoms with Gasteiger partial charge in [0.2, 0.25) is 11.8 Å². The molecule has 1 aromatic rings. The van der Waals surface area contributed by atoms with Crippen LogP contribution in [0.1, 0.15) is 46.0 Å². The number of carbonyl (C=O) groups is 2. The van der Waals surface area contributed by atoms with Gasteiger partial charge in [0.05, 0.1) is 6.61 Å². The van der Waals surface area contributed by atoms with Crippen molar-refractivity contribution in [3.63, 3.8) is 0 Å². The van der Waals surface area contributed by atoms with Gasteiger partial charge in [0.1, 0.15) is 5.75 Å². The molecular weight excluding hydrogens is 476 g/mol. The molecule has 0 aromatic heterocycles. The summed E-state index contributed by atoms with van der Waals surface area (Å²) in [6, 6.07) is 7.93.